The predicted octanol–water partition coefficient (Wildman–Crippen LogP) is 2.06. The number of pyridine rings is 1. The third-order valence-electron chi connectivity index (χ3n) is 4.10. The molecule has 0 saturated carbocycles. The first-order valence-corrected chi connectivity index (χ1v) is 7.34. The fourth-order valence-corrected chi connectivity index (χ4v) is 3.25. The third kappa shape index (κ3) is 2.68. The van der Waals surface area contributed by atoms with Crippen LogP contribution in [-0.2, 0) is 0 Å². The van der Waals surface area contributed by atoms with Crippen molar-refractivity contribution >= 4 is 5.82 Å². The maximum Gasteiger partial charge on any atom is 0.138 e. The lowest BCUT2D eigenvalue weighted by atomic mass is 9.94. The van der Waals surface area contributed by atoms with Crippen molar-refractivity contribution in [3.63, 3.8) is 0 Å². The van der Waals surface area contributed by atoms with Gasteiger partial charge in [0.15, 0.2) is 0 Å². The van der Waals surface area contributed by atoms with E-state index in [-0.39, 0.29) is 6.10 Å². The van der Waals surface area contributed by atoms with Crippen LogP contribution < -0.4 is 15.0 Å². The molecule has 19 heavy (non-hydrogen) atoms. The van der Waals surface area contributed by atoms with Gasteiger partial charge in [0.25, 0.3) is 0 Å². The number of rotatable bonds is 3. The van der Waals surface area contributed by atoms with E-state index < -0.39 is 0 Å². The number of fused-ring (bicyclic) bond motifs is 1. The van der Waals surface area contributed by atoms with Crippen molar-refractivity contribution in [3.8, 4) is 5.75 Å². The van der Waals surface area contributed by atoms with Gasteiger partial charge in [0.05, 0.1) is 12.3 Å². The van der Waals surface area contributed by atoms with E-state index in [2.05, 4.69) is 21.3 Å². The lowest BCUT2D eigenvalue weighted by Crippen LogP contribution is -2.43. The van der Waals surface area contributed by atoms with Crippen LogP contribution in [0.4, 0.5) is 5.82 Å². The van der Waals surface area contributed by atoms with Gasteiger partial charge in [-0.25, -0.2) is 4.98 Å². The number of nitrogens with zero attached hydrogens (tertiary/aromatic N) is 2. The highest BCUT2D eigenvalue weighted by Crippen LogP contribution is 2.32. The van der Waals surface area contributed by atoms with E-state index in [9.17, 15) is 0 Å². The number of piperidine rings is 1. The molecule has 0 aromatic carbocycles. The summed E-state index contributed by atoms with van der Waals surface area (Å²) in [6.45, 7) is 7.50. The SMILES string of the molecule is CC(C)Oc1ccc(N2CC[C@@H]3CNCC[C@@H]32)nc1. The molecule has 104 valence electrons. The van der Waals surface area contributed by atoms with Gasteiger partial charge in [0.1, 0.15) is 11.6 Å². The molecule has 2 atom stereocenters. The van der Waals surface area contributed by atoms with Crippen LogP contribution in [-0.4, -0.2) is 36.8 Å². The number of aromatic nitrogens is 1. The highest BCUT2D eigenvalue weighted by Gasteiger charge is 2.36. The molecule has 2 aliphatic heterocycles. The van der Waals surface area contributed by atoms with E-state index in [1.54, 1.807) is 0 Å². The Kier molecular flexibility index (Phi) is 3.60. The number of ether oxygens (including phenoxy) is 1. The number of hydrogen-bond donors (Lipinski definition) is 1. The maximum atomic E-state index is 5.65. The molecule has 3 rings (SSSR count). The summed E-state index contributed by atoms with van der Waals surface area (Å²) >= 11 is 0. The molecule has 0 aliphatic carbocycles. The number of nitrogens with one attached hydrogen (secondary N) is 1. The zero-order valence-electron chi connectivity index (χ0n) is 11.8. The van der Waals surface area contributed by atoms with Gasteiger partial charge >= 0.3 is 0 Å². The second-order valence-corrected chi connectivity index (χ2v) is 5.82. The van der Waals surface area contributed by atoms with Crippen LogP contribution in [0, 0.1) is 5.92 Å². The quantitative estimate of drug-likeness (QED) is 0.903. The van der Waals surface area contributed by atoms with E-state index in [0.29, 0.717) is 6.04 Å². The molecule has 2 saturated heterocycles. The van der Waals surface area contributed by atoms with Crippen LogP contribution in [0.25, 0.3) is 0 Å². The van der Waals surface area contributed by atoms with Crippen molar-refractivity contribution < 1.29 is 4.74 Å². The van der Waals surface area contributed by atoms with Crippen LogP contribution in [0.5, 0.6) is 5.75 Å². The smallest absolute Gasteiger partial charge is 0.138 e. The van der Waals surface area contributed by atoms with Gasteiger partial charge in [-0.05, 0) is 57.8 Å². The van der Waals surface area contributed by atoms with Gasteiger partial charge in [-0.2, -0.15) is 0 Å². The summed E-state index contributed by atoms with van der Waals surface area (Å²) in [4.78, 5) is 7.06. The summed E-state index contributed by atoms with van der Waals surface area (Å²) in [7, 11) is 0. The van der Waals surface area contributed by atoms with Crippen LogP contribution in [0.1, 0.15) is 26.7 Å². The minimum absolute atomic E-state index is 0.202. The Morgan fingerprint density at radius 1 is 1.37 bits per heavy atom. The Labute approximate surface area is 115 Å². The summed E-state index contributed by atoms with van der Waals surface area (Å²) < 4.78 is 5.65. The van der Waals surface area contributed by atoms with Gasteiger partial charge in [-0.3, -0.25) is 0 Å². The second kappa shape index (κ2) is 5.37. The monoisotopic (exact) mass is 261 g/mol. The first-order chi connectivity index (χ1) is 9.24. The molecule has 0 amide bonds. The molecular formula is C15H23N3O. The van der Waals surface area contributed by atoms with Gasteiger partial charge < -0.3 is 15.0 Å². The fourth-order valence-electron chi connectivity index (χ4n) is 3.25. The molecule has 4 heteroatoms. The van der Waals surface area contributed by atoms with Crippen molar-refractivity contribution in [2.75, 3.05) is 24.5 Å². The predicted molar refractivity (Wildman–Crippen MR) is 76.7 cm³/mol. The average molecular weight is 261 g/mol. The normalized spacial score (nSPS) is 26.6. The Bertz CT molecular complexity index is 418. The van der Waals surface area contributed by atoms with Crippen LogP contribution >= 0.6 is 0 Å². The molecule has 0 radical (unpaired) electrons. The zero-order chi connectivity index (χ0) is 13.2. The maximum absolute atomic E-state index is 5.65. The van der Waals surface area contributed by atoms with Crippen molar-refractivity contribution in [2.45, 2.75) is 38.8 Å². The minimum atomic E-state index is 0.202. The topological polar surface area (TPSA) is 37.4 Å². The lowest BCUT2D eigenvalue weighted by molar-refractivity contribution is 0.241. The van der Waals surface area contributed by atoms with Gasteiger partial charge in [-0.15, -0.1) is 0 Å². The third-order valence-corrected chi connectivity index (χ3v) is 4.10. The van der Waals surface area contributed by atoms with Crippen molar-refractivity contribution in [2.24, 2.45) is 5.92 Å². The molecule has 2 fully saturated rings. The van der Waals surface area contributed by atoms with E-state index in [0.717, 1.165) is 37.1 Å². The van der Waals surface area contributed by atoms with E-state index in [1.165, 1.54) is 12.8 Å². The van der Waals surface area contributed by atoms with E-state index >= 15 is 0 Å². The highest BCUT2D eigenvalue weighted by molar-refractivity contribution is 5.43. The highest BCUT2D eigenvalue weighted by atomic mass is 16.5. The number of hydrogen-bond acceptors (Lipinski definition) is 4. The van der Waals surface area contributed by atoms with Gasteiger partial charge in [0.2, 0.25) is 0 Å². The summed E-state index contributed by atoms with van der Waals surface area (Å²) in [5.41, 5.74) is 0. The van der Waals surface area contributed by atoms with E-state index in [4.69, 9.17) is 4.74 Å². The van der Waals surface area contributed by atoms with Crippen LogP contribution in [0.2, 0.25) is 0 Å². The molecule has 0 unspecified atom stereocenters. The fraction of sp³-hybridized carbons (Fsp3) is 0.667. The van der Waals surface area contributed by atoms with Crippen LogP contribution in [0.3, 0.4) is 0 Å². The standard InChI is InChI=1S/C15H23N3O/c1-11(2)19-13-3-4-15(17-10-13)18-8-6-12-9-16-7-5-14(12)18/h3-4,10-12,14,16H,5-9H2,1-2H3/t12-,14+/m1/s1. The summed E-state index contributed by atoms with van der Waals surface area (Å²) in [5, 5.41) is 3.49. The summed E-state index contributed by atoms with van der Waals surface area (Å²) in [6, 6.07) is 4.81. The van der Waals surface area contributed by atoms with E-state index in [1.807, 2.05) is 26.1 Å². The number of anilines is 1. The Morgan fingerprint density at radius 3 is 3.00 bits per heavy atom. The molecule has 1 N–H and O–H groups in total. The first-order valence-electron chi connectivity index (χ1n) is 7.34. The summed E-state index contributed by atoms with van der Waals surface area (Å²) in [5.74, 6) is 2.76. The molecule has 3 heterocycles. The molecule has 2 aliphatic rings. The van der Waals surface area contributed by atoms with Gasteiger partial charge in [-0.1, -0.05) is 0 Å². The van der Waals surface area contributed by atoms with Crippen molar-refractivity contribution in [1.82, 2.24) is 10.3 Å². The van der Waals surface area contributed by atoms with Crippen molar-refractivity contribution in [1.29, 1.82) is 0 Å². The summed E-state index contributed by atoms with van der Waals surface area (Å²) in [6.07, 6.45) is 4.57. The Balaban J connectivity index is 1.71. The second-order valence-electron chi connectivity index (χ2n) is 5.82. The molecule has 4 nitrogen and oxygen atoms in total. The Morgan fingerprint density at radius 2 is 2.26 bits per heavy atom. The molecule has 1 aromatic rings. The zero-order valence-corrected chi connectivity index (χ0v) is 11.8. The Hall–Kier alpha value is -1.29. The van der Waals surface area contributed by atoms with Crippen molar-refractivity contribution in [3.05, 3.63) is 18.3 Å². The molecule has 1 aromatic heterocycles. The van der Waals surface area contributed by atoms with Gasteiger partial charge in [0, 0.05) is 12.6 Å². The molecular weight excluding hydrogens is 238 g/mol. The minimum Gasteiger partial charge on any atom is -0.489 e. The molecule has 0 spiro atoms. The first kappa shape index (κ1) is 12.7. The molecule has 0 bridgehead atoms. The van der Waals surface area contributed by atoms with Crippen LogP contribution in [0.15, 0.2) is 18.3 Å². The average Bonchev–Trinajstić information content (AvgIpc) is 2.83. The lowest BCUT2D eigenvalue weighted by Gasteiger charge is -2.32. The largest absolute Gasteiger partial charge is 0.489 e.